The highest BCUT2D eigenvalue weighted by Crippen LogP contribution is 2.34. The van der Waals surface area contributed by atoms with Crippen LogP contribution < -0.4 is 5.32 Å². The lowest BCUT2D eigenvalue weighted by atomic mass is 9.90. The number of anilines is 1. The SMILES string of the molecule is CC(C)(C)C(=O)N1CCCC(C(=O)N2CCN(CC(=O)Nc3ccccc3C(F)(F)F)CC2)C1. The Morgan fingerprint density at radius 3 is 2.24 bits per heavy atom. The number of benzene rings is 1. The normalized spacial score (nSPS) is 20.2. The van der Waals surface area contributed by atoms with E-state index < -0.39 is 23.1 Å². The van der Waals surface area contributed by atoms with Crippen molar-refractivity contribution < 1.29 is 27.6 Å². The number of amides is 3. The van der Waals surface area contributed by atoms with Crippen LogP contribution in [0.15, 0.2) is 24.3 Å². The summed E-state index contributed by atoms with van der Waals surface area (Å²) >= 11 is 0. The molecule has 0 aliphatic carbocycles. The van der Waals surface area contributed by atoms with E-state index in [1.165, 1.54) is 18.2 Å². The van der Waals surface area contributed by atoms with E-state index >= 15 is 0 Å². The van der Waals surface area contributed by atoms with Crippen LogP contribution in [-0.4, -0.2) is 78.2 Å². The van der Waals surface area contributed by atoms with E-state index in [4.69, 9.17) is 0 Å². The maximum Gasteiger partial charge on any atom is 0.418 e. The predicted octanol–water partition coefficient (Wildman–Crippen LogP) is 3.07. The van der Waals surface area contributed by atoms with Crippen LogP contribution in [-0.2, 0) is 20.6 Å². The number of hydrogen-bond donors (Lipinski definition) is 1. The van der Waals surface area contributed by atoms with Crippen molar-refractivity contribution in [3.8, 4) is 0 Å². The average molecular weight is 483 g/mol. The first kappa shape index (κ1) is 26.0. The molecule has 7 nitrogen and oxygen atoms in total. The molecule has 0 saturated carbocycles. The van der Waals surface area contributed by atoms with Crippen molar-refractivity contribution in [3.05, 3.63) is 29.8 Å². The van der Waals surface area contributed by atoms with Gasteiger partial charge in [-0.1, -0.05) is 32.9 Å². The molecule has 0 spiro atoms. The Balaban J connectivity index is 1.49. The Labute approximate surface area is 198 Å². The fourth-order valence-electron chi connectivity index (χ4n) is 4.45. The first-order valence-corrected chi connectivity index (χ1v) is 11.6. The van der Waals surface area contributed by atoms with Crippen LogP contribution in [0, 0.1) is 11.3 Å². The van der Waals surface area contributed by atoms with Gasteiger partial charge < -0.3 is 15.1 Å². The van der Waals surface area contributed by atoms with Gasteiger partial charge in [0.2, 0.25) is 17.7 Å². The maximum absolute atomic E-state index is 13.1. The van der Waals surface area contributed by atoms with Crippen molar-refractivity contribution in [2.75, 3.05) is 51.1 Å². The van der Waals surface area contributed by atoms with E-state index in [1.807, 2.05) is 25.7 Å². The van der Waals surface area contributed by atoms with Gasteiger partial charge in [-0.05, 0) is 25.0 Å². The van der Waals surface area contributed by atoms with E-state index in [2.05, 4.69) is 5.32 Å². The average Bonchev–Trinajstić information content (AvgIpc) is 2.77. The van der Waals surface area contributed by atoms with Crippen molar-refractivity contribution in [1.29, 1.82) is 0 Å². The highest BCUT2D eigenvalue weighted by Gasteiger charge is 2.36. The highest BCUT2D eigenvalue weighted by molar-refractivity contribution is 5.93. The number of likely N-dealkylation sites (tertiary alicyclic amines) is 1. The number of piperazine rings is 1. The van der Waals surface area contributed by atoms with Gasteiger partial charge in [-0.3, -0.25) is 19.3 Å². The van der Waals surface area contributed by atoms with Gasteiger partial charge in [-0.2, -0.15) is 13.2 Å². The maximum atomic E-state index is 13.1. The third-order valence-electron chi connectivity index (χ3n) is 6.26. The minimum atomic E-state index is -4.55. The molecule has 2 saturated heterocycles. The summed E-state index contributed by atoms with van der Waals surface area (Å²) < 4.78 is 39.4. The molecule has 0 radical (unpaired) electrons. The summed E-state index contributed by atoms with van der Waals surface area (Å²) in [6.07, 6.45) is -3.02. The lowest BCUT2D eigenvalue weighted by Gasteiger charge is -2.40. The van der Waals surface area contributed by atoms with Gasteiger partial charge in [0.25, 0.3) is 0 Å². The van der Waals surface area contributed by atoms with Gasteiger partial charge in [-0.25, -0.2) is 0 Å². The monoisotopic (exact) mass is 482 g/mol. The number of alkyl halides is 3. The van der Waals surface area contributed by atoms with Crippen molar-refractivity contribution in [2.24, 2.45) is 11.3 Å². The topological polar surface area (TPSA) is 73.0 Å². The van der Waals surface area contributed by atoms with Gasteiger partial charge in [0.05, 0.1) is 23.7 Å². The lowest BCUT2D eigenvalue weighted by Crippen LogP contribution is -2.54. The molecule has 2 fully saturated rings. The van der Waals surface area contributed by atoms with E-state index in [1.54, 1.807) is 9.80 Å². The first-order chi connectivity index (χ1) is 15.9. The third-order valence-corrected chi connectivity index (χ3v) is 6.26. The van der Waals surface area contributed by atoms with E-state index in [0.717, 1.165) is 18.9 Å². The number of carbonyl (C=O) groups is 3. The summed E-state index contributed by atoms with van der Waals surface area (Å²) in [5, 5.41) is 2.36. The van der Waals surface area contributed by atoms with Gasteiger partial charge in [0.1, 0.15) is 0 Å². The molecule has 1 N–H and O–H groups in total. The molecule has 2 aliphatic rings. The molecule has 1 aromatic rings. The zero-order valence-corrected chi connectivity index (χ0v) is 20.0. The summed E-state index contributed by atoms with van der Waals surface area (Å²) in [6.45, 7) is 8.45. The molecule has 1 aromatic carbocycles. The van der Waals surface area contributed by atoms with Crippen LogP contribution in [0.2, 0.25) is 0 Å². The minimum Gasteiger partial charge on any atom is -0.341 e. The second kappa shape index (κ2) is 10.3. The molecule has 3 amide bonds. The van der Waals surface area contributed by atoms with E-state index in [0.29, 0.717) is 39.3 Å². The predicted molar refractivity (Wildman–Crippen MR) is 122 cm³/mol. The molecule has 188 valence electrons. The summed E-state index contributed by atoms with van der Waals surface area (Å²) in [5.74, 6) is -0.684. The molecule has 10 heteroatoms. The molecule has 1 unspecified atom stereocenters. The quantitative estimate of drug-likeness (QED) is 0.716. The number of nitrogens with zero attached hydrogens (tertiary/aromatic N) is 3. The third kappa shape index (κ3) is 6.49. The summed E-state index contributed by atoms with van der Waals surface area (Å²) in [5.41, 5.74) is -1.64. The van der Waals surface area contributed by atoms with Crippen molar-refractivity contribution >= 4 is 23.4 Å². The number of carbonyl (C=O) groups excluding carboxylic acids is 3. The molecule has 34 heavy (non-hydrogen) atoms. The second-order valence-electron chi connectivity index (χ2n) is 10.0. The summed E-state index contributed by atoms with van der Waals surface area (Å²) in [6, 6.07) is 4.88. The minimum absolute atomic E-state index is 0.0228. The second-order valence-corrected chi connectivity index (χ2v) is 10.0. The number of halogens is 3. The van der Waals surface area contributed by atoms with Crippen molar-refractivity contribution in [3.63, 3.8) is 0 Å². The molecule has 0 aromatic heterocycles. The summed E-state index contributed by atoms with van der Waals surface area (Å²) in [7, 11) is 0. The molecule has 2 heterocycles. The Hall–Kier alpha value is -2.62. The van der Waals surface area contributed by atoms with Gasteiger partial charge in [0, 0.05) is 44.7 Å². The Bertz CT molecular complexity index is 905. The van der Waals surface area contributed by atoms with Crippen LogP contribution in [0.1, 0.15) is 39.2 Å². The van der Waals surface area contributed by atoms with Gasteiger partial charge >= 0.3 is 6.18 Å². The number of piperidine rings is 1. The number of rotatable bonds is 4. The fraction of sp³-hybridized carbons (Fsp3) is 0.625. The number of hydrogen-bond acceptors (Lipinski definition) is 4. The standard InChI is InChI=1S/C24H33F3N4O3/c1-23(2,3)22(34)31-10-6-7-17(15-31)21(33)30-13-11-29(12-14-30)16-20(32)28-19-9-5-4-8-18(19)24(25,26)27/h4-5,8-9,17H,6-7,10-16H2,1-3H3,(H,28,32). The van der Waals surface area contributed by atoms with E-state index in [9.17, 15) is 27.6 Å². The molecule has 1 atom stereocenters. The molecule has 3 rings (SSSR count). The molecule has 0 bridgehead atoms. The Morgan fingerprint density at radius 2 is 1.62 bits per heavy atom. The number of para-hydroxylation sites is 1. The van der Waals surface area contributed by atoms with E-state index in [-0.39, 0.29) is 30.0 Å². The zero-order chi connectivity index (χ0) is 25.1. The van der Waals surface area contributed by atoms with Crippen LogP contribution in [0.5, 0.6) is 0 Å². The van der Waals surface area contributed by atoms with Crippen LogP contribution in [0.3, 0.4) is 0 Å². The largest absolute Gasteiger partial charge is 0.418 e. The smallest absolute Gasteiger partial charge is 0.341 e. The van der Waals surface area contributed by atoms with Crippen LogP contribution in [0.25, 0.3) is 0 Å². The fourth-order valence-corrected chi connectivity index (χ4v) is 4.45. The zero-order valence-electron chi connectivity index (χ0n) is 20.0. The van der Waals surface area contributed by atoms with Crippen LogP contribution in [0.4, 0.5) is 18.9 Å². The Kier molecular flexibility index (Phi) is 7.90. The van der Waals surface area contributed by atoms with Crippen molar-refractivity contribution in [2.45, 2.75) is 39.8 Å². The van der Waals surface area contributed by atoms with Gasteiger partial charge in [0.15, 0.2) is 0 Å². The Morgan fingerprint density at radius 1 is 0.971 bits per heavy atom. The van der Waals surface area contributed by atoms with Gasteiger partial charge in [-0.15, -0.1) is 0 Å². The first-order valence-electron chi connectivity index (χ1n) is 11.6. The lowest BCUT2D eigenvalue weighted by molar-refractivity contribution is -0.146. The number of nitrogens with one attached hydrogen (secondary N) is 1. The van der Waals surface area contributed by atoms with Crippen LogP contribution >= 0.6 is 0 Å². The van der Waals surface area contributed by atoms with Crippen molar-refractivity contribution in [1.82, 2.24) is 14.7 Å². The highest BCUT2D eigenvalue weighted by atomic mass is 19.4. The summed E-state index contributed by atoms with van der Waals surface area (Å²) in [4.78, 5) is 43.4. The molecule has 2 aliphatic heterocycles. The molecular weight excluding hydrogens is 449 g/mol. The molecular formula is C24H33F3N4O3.